The molecule has 0 fully saturated rings. The number of primary amides is 1. The van der Waals surface area contributed by atoms with Crippen LogP contribution in [0.15, 0.2) is 54.6 Å². The number of fused-ring (bicyclic) bond motifs is 1. The van der Waals surface area contributed by atoms with Crippen LogP contribution in [0.1, 0.15) is 62.0 Å². The van der Waals surface area contributed by atoms with Gasteiger partial charge in [-0.3, -0.25) is 10.1 Å². The molecule has 7 nitrogen and oxygen atoms in total. The molecular weight excluding hydrogens is 414 g/mol. The number of benzene rings is 2. The van der Waals surface area contributed by atoms with Crippen molar-refractivity contribution >= 4 is 17.8 Å². The molecule has 1 aliphatic carbocycles. The summed E-state index contributed by atoms with van der Waals surface area (Å²) in [6.07, 6.45) is 3.14. The predicted octanol–water partition coefficient (Wildman–Crippen LogP) is 4.40. The van der Waals surface area contributed by atoms with Crippen molar-refractivity contribution in [1.82, 2.24) is 15.1 Å². The van der Waals surface area contributed by atoms with Crippen LogP contribution in [0.25, 0.3) is 5.69 Å². The van der Waals surface area contributed by atoms with Crippen molar-refractivity contribution in [3.63, 3.8) is 0 Å². The molecule has 1 aromatic heterocycles. The van der Waals surface area contributed by atoms with Gasteiger partial charge < -0.3 is 11.1 Å². The van der Waals surface area contributed by atoms with E-state index in [1.807, 2.05) is 42.5 Å². The van der Waals surface area contributed by atoms with Gasteiger partial charge in [0.05, 0.1) is 23.8 Å². The first-order valence-electron chi connectivity index (χ1n) is 11.3. The van der Waals surface area contributed by atoms with E-state index in [-0.39, 0.29) is 23.9 Å². The first kappa shape index (κ1) is 22.6. The zero-order valence-corrected chi connectivity index (χ0v) is 19.4. The van der Waals surface area contributed by atoms with Gasteiger partial charge in [-0.2, -0.15) is 5.10 Å². The lowest BCUT2D eigenvalue weighted by atomic mass is 9.88. The average Bonchev–Trinajstić information content (AvgIpc) is 3.18. The zero-order chi connectivity index (χ0) is 23.6. The monoisotopic (exact) mass is 445 g/mol. The molecule has 0 saturated carbocycles. The van der Waals surface area contributed by atoms with Crippen LogP contribution in [0.5, 0.6) is 0 Å². The fourth-order valence-electron chi connectivity index (χ4n) is 4.25. The molecule has 1 heterocycles. The first-order valence-corrected chi connectivity index (χ1v) is 11.3. The molecule has 1 atom stereocenters. The van der Waals surface area contributed by atoms with Gasteiger partial charge in [0.25, 0.3) is 0 Å². The topological polar surface area (TPSA) is 102 Å². The lowest BCUT2D eigenvalue weighted by Crippen LogP contribution is -2.34. The van der Waals surface area contributed by atoms with E-state index in [1.54, 1.807) is 4.68 Å². The predicted molar refractivity (Wildman–Crippen MR) is 129 cm³/mol. The third-order valence-electron chi connectivity index (χ3n) is 5.93. The number of hydrogen-bond acceptors (Lipinski definition) is 3. The van der Waals surface area contributed by atoms with Gasteiger partial charge in [0.1, 0.15) is 5.82 Å². The third-order valence-corrected chi connectivity index (χ3v) is 5.93. The van der Waals surface area contributed by atoms with Gasteiger partial charge >= 0.3 is 6.03 Å². The molecule has 3 aromatic rings. The van der Waals surface area contributed by atoms with Crippen molar-refractivity contribution in [2.24, 2.45) is 5.73 Å². The second-order valence-corrected chi connectivity index (χ2v) is 9.63. The normalized spacial score (nSPS) is 15.5. The molecule has 0 saturated heterocycles. The summed E-state index contributed by atoms with van der Waals surface area (Å²) >= 11 is 0. The fraction of sp³-hybridized carbons (Fsp3) is 0.346. The second-order valence-electron chi connectivity index (χ2n) is 9.63. The van der Waals surface area contributed by atoms with Crippen LogP contribution in [-0.2, 0) is 23.1 Å². The molecule has 7 heteroatoms. The Kier molecular flexibility index (Phi) is 6.22. The maximum Gasteiger partial charge on any atom is 0.320 e. The van der Waals surface area contributed by atoms with E-state index in [1.165, 1.54) is 11.1 Å². The molecule has 0 aliphatic heterocycles. The Labute approximate surface area is 194 Å². The van der Waals surface area contributed by atoms with E-state index >= 15 is 0 Å². The molecule has 33 heavy (non-hydrogen) atoms. The van der Waals surface area contributed by atoms with Crippen molar-refractivity contribution in [2.75, 3.05) is 5.32 Å². The molecule has 0 bridgehead atoms. The fourth-order valence-corrected chi connectivity index (χ4v) is 4.25. The number of urea groups is 1. The molecule has 1 aliphatic rings. The van der Waals surface area contributed by atoms with Gasteiger partial charge in [0.15, 0.2) is 0 Å². The van der Waals surface area contributed by atoms with Crippen molar-refractivity contribution in [1.29, 1.82) is 0 Å². The van der Waals surface area contributed by atoms with Crippen molar-refractivity contribution in [3.8, 4) is 5.69 Å². The summed E-state index contributed by atoms with van der Waals surface area (Å²) < 4.78 is 1.71. The number of carbonyl (C=O) groups is 2. The minimum atomic E-state index is -0.395. The van der Waals surface area contributed by atoms with Crippen LogP contribution >= 0.6 is 0 Å². The summed E-state index contributed by atoms with van der Waals surface area (Å²) in [6, 6.07) is 17.3. The van der Waals surface area contributed by atoms with Crippen molar-refractivity contribution in [2.45, 2.75) is 57.9 Å². The Morgan fingerprint density at radius 1 is 1.12 bits per heavy atom. The summed E-state index contributed by atoms with van der Waals surface area (Å²) in [5.41, 5.74) is 10.0. The number of anilines is 1. The Balaban J connectivity index is 1.61. The lowest BCUT2D eigenvalue weighted by molar-refractivity contribution is -0.117. The van der Waals surface area contributed by atoms with E-state index in [2.05, 4.69) is 43.5 Å². The maximum atomic E-state index is 13.0. The first-order chi connectivity index (χ1) is 15.7. The lowest BCUT2D eigenvalue weighted by Gasteiger charge is -2.26. The Morgan fingerprint density at radius 3 is 2.67 bits per heavy atom. The van der Waals surface area contributed by atoms with Crippen LogP contribution in [-0.4, -0.2) is 21.7 Å². The molecule has 0 radical (unpaired) electrons. The highest BCUT2D eigenvalue weighted by Crippen LogP contribution is 2.30. The minimum absolute atomic E-state index is 0.0210. The number of amides is 3. The SMILES string of the molecule is CC(C)(C)c1cc(NC(=O)N[C@H]2CCCc3ccccc32)n(-c2cccc(CC(N)=O)c2)n1. The number of nitrogens with one attached hydrogen (secondary N) is 2. The van der Waals surface area contributed by atoms with Gasteiger partial charge in [-0.15, -0.1) is 0 Å². The Hall–Kier alpha value is -3.61. The highest BCUT2D eigenvalue weighted by atomic mass is 16.2. The molecule has 3 amide bonds. The molecular formula is C26H31N5O2. The van der Waals surface area contributed by atoms with Crippen molar-refractivity contribution in [3.05, 3.63) is 77.0 Å². The molecule has 172 valence electrons. The third kappa shape index (κ3) is 5.25. The average molecular weight is 446 g/mol. The zero-order valence-electron chi connectivity index (χ0n) is 19.4. The standard InChI is InChI=1S/C26H31N5O2/c1-26(2,3)22-16-24(31(30-22)19-11-6-8-17(14-19)15-23(27)32)29-25(33)28-21-13-7-10-18-9-4-5-12-20(18)21/h4-6,8-9,11-12,14,16,21H,7,10,13,15H2,1-3H3,(H2,27,32)(H2,28,29,33)/t21-/m0/s1. The van der Waals surface area contributed by atoms with Gasteiger partial charge in [0, 0.05) is 11.5 Å². The summed E-state index contributed by atoms with van der Waals surface area (Å²) in [5.74, 6) is 0.172. The van der Waals surface area contributed by atoms with Crippen LogP contribution < -0.4 is 16.4 Å². The quantitative estimate of drug-likeness (QED) is 0.542. The summed E-state index contributed by atoms with van der Waals surface area (Å²) in [7, 11) is 0. The number of aromatic nitrogens is 2. The molecule has 0 spiro atoms. The number of aryl methyl sites for hydroxylation is 1. The summed E-state index contributed by atoms with van der Waals surface area (Å²) in [6.45, 7) is 6.23. The molecule has 0 unspecified atom stereocenters. The van der Waals surface area contributed by atoms with Crippen LogP contribution in [0, 0.1) is 0 Å². The second kappa shape index (κ2) is 9.10. The molecule has 2 aromatic carbocycles. The van der Waals surface area contributed by atoms with E-state index in [0.29, 0.717) is 5.82 Å². The Morgan fingerprint density at radius 2 is 1.91 bits per heavy atom. The van der Waals surface area contributed by atoms with Crippen LogP contribution in [0.4, 0.5) is 10.6 Å². The van der Waals surface area contributed by atoms with Crippen LogP contribution in [0.3, 0.4) is 0 Å². The summed E-state index contributed by atoms with van der Waals surface area (Å²) in [5, 5.41) is 10.9. The van der Waals surface area contributed by atoms with Gasteiger partial charge in [-0.1, -0.05) is 57.2 Å². The highest BCUT2D eigenvalue weighted by Gasteiger charge is 2.24. The van der Waals surface area contributed by atoms with Gasteiger partial charge in [-0.05, 0) is 48.1 Å². The van der Waals surface area contributed by atoms with E-state index in [4.69, 9.17) is 10.8 Å². The number of nitrogens with zero attached hydrogens (tertiary/aromatic N) is 2. The Bertz CT molecular complexity index is 1180. The smallest absolute Gasteiger partial charge is 0.320 e. The minimum Gasteiger partial charge on any atom is -0.369 e. The number of nitrogens with two attached hydrogens (primary N) is 1. The number of carbonyl (C=O) groups excluding carboxylic acids is 2. The van der Waals surface area contributed by atoms with Crippen LogP contribution in [0.2, 0.25) is 0 Å². The maximum absolute atomic E-state index is 13.0. The molecule has 4 N–H and O–H groups in total. The van der Waals surface area contributed by atoms with Gasteiger partial charge in [-0.25, -0.2) is 9.48 Å². The van der Waals surface area contributed by atoms with Gasteiger partial charge in [0.2, 0.25) is 5.91 Å². The summed E-state index contributed by atoms with van der Waals surface area (Å²) in [4.78, 5) is 24.4. The van der Waals surface area contributed by atoms with Crippen molar-refractivity contribution < 1.29 is 9.59 Å². The van der Waals surface area contributed by atoms with E-state index < -0.39 is 5.91 Å². The highest BCUT2D eigenvalue weighted by molar-refractivity contribution is 5.89. The molecule has 4 rings (SSSR count). The number of hydrogen-bond donors (Lipinski definition) is 3. The largest absolute Gasteiger partial charge is 0.369 e. The van der Waals surface area contributed by atoms with E-state index in [9.17, 15) is 9.59 Å². The van der Waals surface area contributed by atoms with E-state index in [0.717, 1.165) is 36.2 Å². The number of rotatable bonds is 5.